The van der Waals surface area contributed by atoms with Gasteiger partial charge in [-0.15, -0.1) is 0 Å². The Kier molecular flexibility index (Phi) is 4.54. The standard InChI is InChI=1S/C9H14N3O9P/c13-3-4(14)6(8(15)22(18,19)20)21-5(3)7-10-1-2(11-7)12-9(16)17/h1,3-6,8,12-15H,(H,10,11)(H,16,17)(H2,18,19,20)/t3-,4+,5?,6+,8?/m1/s1. The number of amides is 1. The summed E-state index contributed by atoms with van der Waals surface area (Å²) < 4.78 is 16.1. The minimum absolute atomic E-state index is 0.0354. The third-order valence-corrected chi connectivity index (χ3v) is 4.03. The molecule has 1 aliphatic rings. The summed E-state index contributed by atoms with van der Waals surface area (Å²) in [6, 6.07) is 0. The van der Waals surface area contributed by atoms with Gasteiger partial charge in [-0.2, -0.15) is 0 Å². The van der Waals surface area contributed by atoms with Gasteiger partial charge in [-0.3, -0.25) is 9.88 Å². The second kappa shape index (κ2) is 5.93. The maximum absolute atomic E-state index is 11.0. The van der Waals surface area contributed by atoms with Crippen LogP contribution in [-0.2, 0) is 9.30 Å². The lowest BCUT2D eigenvalue weighted by Gasteiger charge is -2.21. The molecule has 22 heavy (non-hydrogen) atoms. The molecule has 0 aromatic carbocycles. The van der Waals surface area contributed by atoms with E-state index in [1.807, 2.05) is 5.32 Å². The van der Waals surface area contributed by atoms with Crippen molar-refractivity contribution in [3.63, 3.8) is 0 Å². The van der Waals surface area contributed by atoms with E-state index in [2.05, 4.69) is 9.97 Å². The average molecular weight is 339 g/mol. The summed E-state index contributed by atoms with van der Waals surface area (Å²) in [6.45, 7) is 0. The quantitative estimate of drug-likeness (QED) is 0.287. The second-order valence-electron chi connectivity index (χ2n) is 4.62. The molecule has 1 saturated heterocycles. The molecule has 1 aromatic rings. The third kappa shape index (κ3) is 3.28. The van der Waals surface area contributed by atoms with Gasteiger partial charge < -0.3 is 39.9 Å². The highest BCUT2D eigenvalue weighted by Crippen LogP contribution is 2.46. The van der Waals surface area contributed by atoms with Crippen LogP contribution in [0.25, 0.3) is 0 Å². The number of nitrogens with zero attached hydrogens (tertiary/aromatic N) is 1. The van der Waals surface area contributed by atoms with Crippen molar-refractivity contribution >= 4 is 19.5 Å². The summed E-state index contributed by atoms with van der Waals surface area (Å²) in [5.74, 6) is -2.45. The molecule has 0 spiro atoms. The summed E-state index contributed by atoms with van der Waals surface area (Å²) in [4.78, 5) is 34.5. The molecule has 2 heterocycles. The normalized spacial score (nSPS) is 30.2. The lowest BCUT2D eigenvalue weighted by Crippen LogP contribution is -2.38. The first-order chi connectivity index (χ1) is 10.1. The Morgan fingerprint density at radius 3 is 2.59 bits per heavy atom. The predicted molar refractivity (Wildman–Crippen MR) is 67.9 cm³/mol. The van der Waals surface area contributed by atoms with Gasteiger partial charge in [0.1, 0.15) is 36.1 Å². The molecule has 0 bridgehead atoms. The Bertz CT molecular complexity index is 601. The van der Waals surface area contributed by atoms with E-state index in [9.17, 15) is 24.7 Å². The summed E-state index contributed by atoms with van der Waals surface area (Å²) in [5, 5.41) is 39.6. The van der Waals surface area contributed by atoms with E-state index in [0.717, 1.165) is 6.20 Å². The van der Waals surface area contributed by atoms with Crippen LogP contribution in [0.1, 0.15) is 11.9 Å². The van der Waals surface area contributed by atoms with Crippen molar-refractivity contribution in [1.82, 2.24) is 9.97 Å². The maximum atomic E-state index is 11.0. The minimum atomic E-state index is -4.96. The van der Waals surface area contributed by atoms with Crippen molar-refractivity contribution in [3.8, 4) is 0 Å². The fourth-order valence-corrected chi connectivity index (χ4v) is 2.66. The van der Waals surface area contributed by atoms with Crippen LogP contribution in [0.2, 0.25) is 0 Å². The van der Waals surface area contributed by atoms with Crippen molar-refractivity contribution < 1.29 is 44.3 Å². The zero-order valence-electron chi connectivity index (χ0n) is 10.8. The van der Waals surface area contributed by atoms with Crippen molar-refractivity contribution in [2.45, 2.75) is 30.3 Å². The lowest BCUT2D eigenvalue weighted by molar-refractivity contribution is -0.0464. The number of hydrogen-bond donors (Lipinski definition) is 8. The van der Waals surface area contributed by atoms with Gasteiger partial charge in [0.15, 0.2) is 5.85 Å². The zero-order valence-corrected chi connectivity index (χ0v) is 11.7. The lowest BCUT2D eigenvalue weighted by atomic mass is 10.1. The number of rotatable bonds is 4. The molecule has 5 atom stereocenters. The molecule has 1 aromatic heterocycles. The molecule has 1 amide bonds. The van der Waals surface area contributed by atoms with E-state index >= 15 is 0 Å². The van der Waals surface area contributed by atoms with E-state index in [1.165, 1.54) is 0 Å². The van der Waals surface area contributed by atoms with Crippen molar-refractivity contribution in [1.29, 1.82) is 0 Å². The highest BCUT2D eigenvalue weighted by Gasteiger charge is 2.52. The molecule has 13 heteroatoms. The van der Waals surface area contributed by atoms with E-state index in [4.69, 9.17) is 19.6 Å². The van der Waals surface area contributed by atoms with Crippen LogP contribution in [0.15, 0.2) is 6.20 Å². The number of carboxylic acid groups (broad SMARTS) is 1. The minimum Gasteiger partial charge on any atom is -0.465 e. The molecule has 12 nitrogen and oxygen atoms in total. The van der Waals surface area contributed by atoms with E-state index in [1.54, 1.807) is 0 Å². The van der Waals surface area contributed by atoms with Crippen LogP contribution in [0.3, 0.4) is 0 Å². The van der Waals surface area contributed by atoms with Gasteiger partial charge in [0.2, 0.25) is 0 Å². The number of carbonyl (C=O) groups is 1. The number of imidazole rings is 1. The molecular weight excluding hydrogens is 325 g/mol. The van der Waals surface area contributed by atoms with Gasteiger partial charge >= 0.3 is 13.7 Å². The van der Waals surface area contributed by atoms with Gasteiger partial charge in [0, 0.05) is 0 Å². The largest absolute Gasteiger partial charge is 0.465 e. The van der Waals surface area contributed by atoms with E-state index < -0.39 is 43.9 Å². The molecule has 124 valence electrons. The Morgan fingerprint density at radius 1 is 1.41 bits per heavy atom. The van der Waals surface area contributed by atoms with Crippen molar-refractivity contribution in [2.24, 2.45) is 0 Å². The number of H-pyrrole nitrogens is 1. The highest BCUT2D eigenvalue weighted by molar-refractivity contribution is 7.52. The molecule has 0 saturated carbocycles. The Morgan fingerprint density at radius 2 is 2.05 bits per heavy atom. The highest BCUT2D eigenvalue weighted by atomic mass is 31.2. The summed E-state index contributed by atoms with van der Waals surface area (Å²) in [7, 11) is -4.96. The molecular formula is C9H14N3O9P. The van der Waals surface area contributed by atoms with Crippen LogP contribution in [-0.4, -0.2) is 70.4 Å². The maximum Gasteiger partial charge on any atom is 0.410 e. The number of nitrogens with one attached hydrogen (secondary N) is 2. The molecule has 0 radical (unpaired) electrons. The SMILES string of the molecule is O=C(O)Nc1cnc(C2O[C@H](C(O)P(=O)(O)O)[C@@H](O)[C@H]2O)[nH]1. The first kappa shape index (κ1) is 16.8. The van der Waals surface area contributed by atoms with Crippen LogP contribution < -0.4 is 5.32 Å². The van der Waals surface area contributed by atoms with Gasteiger partial charge in [-0.25, -0.2) is 9.78 Å². The van der Waals surface area contributed by atoms with Crippen molar-refractivity contribution in [3.05, 3.63) is 12.0 Å². The summed E-state index contributed by atoms with van der Waals surface area (Å²) >= 11 is 0. The summed E-state index contributed by atoms with van der Waals surface area (Å²) in [6.07, 6.45) is -6.74. The summed E-state index contributed by atoms with van der Waals surface area (Å²) in [5.41, 5.74) is 0. The second-order valence-corrected chi connectivity index (χ2v) is 6.32. The average Bonchev–Trinajstić information content (AvgIpc) is 2.94. The van der Waals surface area contributed by atoms with Gasteiger partial charge in [-0.1, -0.05) is 0 Å². The molecule has 1 fully saturated rings. The van der Waals surface area contributed by atoms with Gasteiger partial charge in [-0.05, 0) is 0 Å². The Labute approximate surface area is 122 Å². The molecule has 0 aliphatic carbocycles. The van der Waals surface area contributed by atoms with Crippen LogP contribution in [0.4, 0.5) is 10.6 Å². The fraction of sp³-hybridized carbons (Fsp3) is 0.556. The Hall–Kier alpha value is -1.53. The first-order valence-corrected chi connectivity index (χ1v) is 7.59. The van der Waals surface area contributed by atoms with Crippen molar-refractivity contribution in [2.75, 3.05) is 5.32 Å². The van der Waals surface area contributed by atoms with Gasteiger partial charge in [0.05, 0.1) is 6.20 Å². The third-order valence-electron chi connectivity index (χ3n) is 3.05. The molecule has 2 unspecified atom stereocenters. The molecule has 2 rings (SSSR count). The molecule has 1 aliphatic heterocycles. The zero-order chi connectivity index (χ0) is 16.7. The monoisotopic (exact) mass is 339 g/mol. The van der Waals surface area contributed by atoms with E-state index in [0.29, 0.717) is 0 Å². The predicted octanol–water partition coefficient (Wildman–Crippen LogP) is -1.84. The van der Waals surface area contributed by atoms with Crippen LogP contribution in [0, 0.1) is 0 Å². The number of aromatic nitrogens is 2. The smallest absolute Gasteiger partial charge is 0.410 e. The Balaban J connectivity index is 2.18. The topological polar surface area (TPSA) is 205 Å². The number of aromatic amines is 1. The number of aliphatic hydroxyl groups is 3. The number of anilines is 1. The number of hydrogen-bond acceptors (Lipinski definition) is 7. The van der Waals surface area contributed by atoms with Crippen LogP contribution in [0.5, 0.6) is 0 Å². The molecule has 8 N–H and O–H groups in total. The number of aliphatic hydroxyl groups excluding tert-OH is 3. The van der Waals surface area contributed by atoms with Crippen LogP contribution >= 0.6 is 7.60 Å². The fourth-order valence-electron chi connectivity index (χ4n) is 2.03. The van der Waals surface area contributed by atoms with E-state index in [-0.39, 0.29) is 11.6 Å². The number of ether oxygens (including phenoxy) is 1. The first-order valence-electron chi connectivity index (χ1n) is 5.91. The van der Waals surface area contributed by atoms with Gasteiger partial charge in [0.25, 0.3) is 0 Å².